The highest BCUT2D eigenvalue weighted by atomic mass is 15.2. The van der Waals surface area contributed by atoms with Crippen LogP contribution >= 0.6 is 0 Å². The number of benzene rings is 10. The summed E-state index contributed by atoms with van der Waals surface area (Å²) in [6.45, 7) is 4.61. The molecule has 0 amide bonds. The third-order valence-electron chi connectivity index (χ3n) is 12.4. The van der Waals surface area contributed by atoms with E-state index in [1.165, 1.54) is 87.5 Å². The fraction of sp³-hybridized carbons (Fsp3) is 0.0714. The van der Waals surface area contributed by atoms with Gasteiger partial charge in [0.2, 0.25) is 0 Å². The van der Waals surface area contributed by atoms with Crippen molar-refractivity contribution in [1.82, 2.24) is 0 Å². The molecule has 0 atom stereocenters. The average Bonchev–Trinajstić information content (AvgIpc) is 3.28. The molecule has 276 valence electrons. The smallest absolute Gasteiger partial charge is 0.0540 e. The minimum atomic E-state index is 1.01. The molecule has 1 aliphatic rings. The summed E-state index contributed by atoms with van der Waals surface area (Å²) >= 11 is 0. The SMILES string of the molecule is Cc1c2ccc(N(C3=CCCc4ccccc43)c3cccc4ccccc34)cc2c(C)c2cc(N(c3cccc4ccccc34)c3cccc4ccccc34)ccc12. The normalized spacial score (nSPS) is 12.6. The quantitative estimate of drug-likeness (QED) is 0.157. The van der Waals surface area contributed by atoms with Crippen LogP contribution in [-0.2, 0) is 6.42 Å². The molecule has 0 spiro atoms. The molecule has 2 heteroatoms. The van der Waals surface area contributed by atoms with Crippen LogP contribution in [0.15, 0.2) is 194 Å². The summed E-state index contributed by atoms with van der Waals surface area (Å²) in [5.41, 5.74) is 12.4. The van der Waals surface area contributed by atoms with Gasteiger partial charge in [-0.25, -0.2) is 0 Å². The second kappa shape index (κ2) is 13.8. The van der Waals surface area contributed by atoms with Crippen LogP contribution in [0.4, 0.5) is 28.4 Å². The van der Waals surface area contributed by atoms with Crippen molar-refractivity contribution in [3.05, 3.63) is 216 Å². The highest BCUT2D eigenvalue weighted by Gasteiger charge is 2.24. The van der Waals surface area contributed by atoms with Gasteiger partial charge in [-0.15, -0.1) is 0 Å². The molecule has 1 aliphatic carbocycles. The predicted molar refractivity (Wildman–Crippen MR) is 249 cm³/mol. The molecular weight excluding hydrogens is 701 g/mol. The van der Waals surface area contributed by atoms with E-state index in [0.717, 1.165) is 35.6 Å². The monoisotopic (exact) mass is 742 g/mol. The third kappa shape index (κ3) is 5.48. The fourth-order valence-corrected chi connectivity index (χ4v) is 9.61. The number of allylic oxidation sites excluding steroid dienone is 1. The maximum atomic E-state index is 2.51. The average molecular weight is 743 g/mol. The number of rotatable bonds is 6. The first-order chi connectivity index (χ1) is 28.6. The molecule has 0 N–H and O–H groups in total. The Balaban J connectivity index is 1.14. The molecule has 2 nitrogen and oxygen atoms in total. The van der Waals surface area contributed by atoms with Gasteiger partial charge >= 0.3 is 0 Å². The van der Waals surface area contributed by atoms with E-state index in [9.17, 15) is 0 Å². The summed E-state index contributed by atoms with van der Waals surface area (Å²) < 4.78 is 0. The largest absolute Gasteiger partial charge is 0.310 e. The molecule has 0 radical (unpaired) electrons. The molecule has 0 bridgehead atoms. The molecular formula is C56H42N2. The van der Waals surface area contributed by atoms with Crippen molar-refractivity contribution in [3.63, 3.8) is 0 Å². The van der Waals surface area contributed by atoms with Gasteiger partial charge in [-0.1, -0.05) is 152 Å². The molecule has 58 heavy (non-hydrogen) atoms. The first-order valence-electron chi connectivity index (χ1n) is 20.4. The van der Waals surface area contributed by atoms with E-state index < -0.39 is 0 Å². The summed E-state index contributed by atoms with van der Waals surface area (Å²) in [6, 6.07) is 69.4. The highest BCUT2D eigenvalue weighted by molar-refractivity contribution is 6.11. The molecule has 0 unspecified atom stereocenters. The fourth-order valence-electron chi connectivity index (χ4n) is 9.61. The van der Waals surface area contributed by atoms with Crippen molar-refractivity contribution in [2.45, 2.75) is 26.7 Å². The number of hydrogen-bond donors (Lipinski definition) is 0. The molecule has 11 rings (SSSR count). The van der Waals surface area contributed by atoms with Crippen molar-refractivity contribution in [1.29, 1.82) is 0 Å². The Morgan fingerprint density at radius 1 is 0.362 bits per heavy atom. The Hall–Kier alpha value is -7.16. The van der Waals surface area contributed by atoms with Crippen LogP contribution in [0.2, 0.25) is 0 Å². The minimum Gasteiger partial charge on any atom is -0.310 e. The minimum absolute atomic E-state index is 1.01. The maximum Gasteiger partial charge on any atom is 0.0540 e. The maximum absolute atomic E-state index is 2.51. The van der Waals surface area contributed by atoms with Crippen molar-refractivity contribution in [3.8, 4) is 0 Å². The highest BCUT2D eigenvalue weighted by Crippen LogP contribution is 2.46. The number of anilines is 5. The van der Waals surface area contributed by atoms with Gasteiger partial charge < -0.3 is 9.80 Å². The number of hydrogen-bond acceptors (Lipinski definition) is 2. The third-order valence-corrected chi connectivity index (χ3v) is 12.4. The first kappa shape index (κ1) is 34.1. The van der Waals surface area contributed by atoms with Crippen LogP contribution in [-0.4, -0.2) is 0 Å². The van der Waals surface area contributed by atoms with Crippen LogP contribution < -0.4 is 9.80 Å². The molecule has 10 aromatic rings. The summed E-state index contributed by atoms with van der Waals surface area (Å²) in [7, 11) is 0. The molecule has 0 saturated carbocycles. The summed E-state index contributed by atoms with van der Waals surface area (Å²) in [4.78, 5) is 4.98. The summed E-state index contributed by atoms with van der Waals surface area (Å²) in [6.07, 6.45) is 4.51. The van der Waals surface area contributed by atoms with Gasteiger partial charge in [0.05, 0.1) is 17.1 Å². The van der Waals surface area contributed by atoms with E-state index >= 15 is 0 Å². The zero-order valence-electron chi connectivity index (χ0n) is 32.8. The van der Waals surface area contributed by atoms with Crippen LogP contribution in [0.3, 0.4) is 0 Å². The first-order valence-corrected chi connectivity index (χ1v) is 20.4. The van der Waals surface area contributed by atoms with Crippen molar-refractivity contribution >= 4 is 88.0 Å². The van der Waals surface area contributed by atoms with E-state index in [4.69, 9.17) is 0 Å². The molecule has 0 fully saturated rings. The Bertz CT molecular complexity index is 3190. The lowest BCUT2D eigenvalue weighted by Crippen LogP contribution is -2.19. The van der Waals surface area contributed by atoms with E-state index in [-0.39, 0.29) is 0 Å². The Morgan fingerprint density at radius 3 is 1.34 bits per heavy atom. The van der Waals surface area contributed by atoms with Crippen molar-refractivity contribution < 1.29 is 0 Å². The second-order valence-electron chi connectivity index (χ2n) is 15.7. The van der Waals surface area contributed by atoms with Gasteiger partial charge in [0.1, 0.15) is 0 Å². The van der Waals surface area contributed by atoms with Gasteiger partial charge in [0.25, 0.3) is 0 Å². The van der Waals surface area contributed by atoms with E-state index in [1.54, 1.807) is 0 Å². The van der Waals surface area contributed by atoms with Crippen molar-refractivity contribution in [2.24, 2.45) is 0 Å². The molecule has 0 aromatic heterocycles. The molecule has 0 heterocycles. The Kier molecular flexibility index (Phi) is 8.11. The van der Waals surface area contributed by atoms with Crippen LogP contribution in [0, 0.1) is 13.8 Å². The second-order valence-corrected chi connectivity index (χ2v) is 15.7. The number of aryl methyl sites for hydroxylation is 3. The van der Waals surface area contributed by atoms with E-state index in [0.29, 0.717) is 0 Å². The Morgan fingerprint density at radius 2 is 0.793 bits per heavy atom. The molecule has 0 aliphatic heterocycles. The zero-order chi connectivity index (χ0) is 38.7. The number of fused-ring (bicyclic) bond motifs is 6. The predicted octanol–water partition coefficient (Wildman–Crippen LogP) is 15.7. The van der Waals surface area contributed by atoms with Crippen LogP contribution in [0.1, 0.15) is 28.7 Å². The van der Waals surface area contributed by atoms with Gasteiger partial charge in [0.15, 0.2) is 0 Å². The zero-order valence-corrected chi connectivity index (χ0v) is 32.8. The topological polar surface area (TPSA) is 6.48 Å². The lowest BCUT2D eigenvalue weighted by molar-refractivity contribution is 0.968. The van der Waals surface area contributed by atoms with E-state index in [2.05, 4.69) is 218 Å². The van der Waals surface area contributed by atoms with E-state index in [1.807, 2.05) is 0 Å². The number of nitrogens with zero attached hydrogens (tertiary/aromatic N) is 2. The molecule has 0 saturated heterocycles. The van der Waals surface area contributed by atoms with Gasteiger partial charge in [-0.2, -0.15) is 0 Å². The summed E-state index contributed by atoms with van der Waals surface area (Å²) in [5, 5.41) is 12.5. The lowest BCUT2D eigenvalue weighted by atomic mass is 9.91. The van der Waals surface area contributed by atoms with Gasteiger partial charge in [-0.3, -0.25) is 0 Å². The standard InChI is InChI=1S/C56H42N2/c1-37-45-33-31-43(57(53-27-11-19-39-15-3-7-23-47(39)53)54-28-12-20-40-16-4-8-24-48(40)54)35-51(45)38(2)52-36-44(32-34-46(37)52)58(55-29-13-21-41-17-5-9-25-49(41)55)56-30-14-22-42-18-6-10-26-50(42)56/h3-13,15-21,23-36H,14,22H2,1-2H3. The van der Waals surface area contributed by atoms with Crippen LogP contribution in [0.5, 0.6) is 0 Å². The summed E-state index contributed by atoms with van der Waals surface area (Å²) in [5.74, 6) is 0. The van der Waals surface area contributed by atoms with Gasteiger partial charge in [-0.05, 0) is 124 Å². The van der Waals surface area contributed by atoms with Gasteiger partial charge in [0, 0.05) is 38.8 Å². The van der Waals surface area contributed by atoms with Crippen molar-refractivity contribution in [2.75, 3.05) is 9.80 Å². The Labute approximate surface area is 339 Å². The molecule has 10 aromatic carbocycles. The lowest BCUT2D eigenvalue weighted by Gasteiger charge is -2.32. The van der Waals surface area contributed by atoms with Crippen LogP contribution in [0.25, 0.3) is 59.6 Å².